The van der Waals surface area contributed by atoms with Crippen molar-refractivity contribution in [2.75, 3.05) is 13.3 Å². The van der Waals surface area contributed by atoms with Crippen molar-refractivity contribution in [2.45, 2.75) is 26.7 Å². The van der Waals surface area contributed by atoms with E-state index in [1.165, 1.54) is 43.0 Å². The van der Waals surface area contributed by atoms with Gasteiger partial charge in [-0.3, -0.25) is 10.1 Å². The monoisotopic (exact) mass is 376 g/mol. The van der Waals surface area contributed by atoms with E-state index in [0.717, 1.165) is 0 Å². The third-order valence-corrected chi connectivity index (χ3v) is 4.50. The van der Waals surface area contributed by atoms with Gasteiger partial charge >= 0.3 is 11.9 Å². The van der Waals surface area contributed by atoms with Gasteiger partial charge in [0.25, 0.3) is 5.69 Å². The van der Waals surface area contributed by atoms with Gasteiger partial charge in [-0.15, -0.1) is 0 Å². The molecule has 0 unspecified atom stereocenters. The summed E-state index contributed by atoms with van der Waals surface area (Å²) in [6.07, 6.45) is 0. The predicted octanol–water partition coefficient (Wildman–Crippen LogP) is 2.71. The lowest BCUT2D eigenvalue weighted by atomic mass is 9.79. The van der Waals surface area contributed by atoms with Crippen LogP contribution in [0.3, 0.4) is 0 Å². The minimum atomic E-state index is -1.34. The molecule has 0 amide bonds. The summed E-state index contributed by atoms with van der Waals surface area (Å²) in [7, 11) is 0. The van der Waals surface area contributed by atoms with E-state index in [-0.39, 0.29) is 40.5 Å². The Hall–Kier alpha value is -3.20. The second kappa shape index (κ2) is 8.00. The zero-order chi connectivity index (χ0) is 20.3. The average Bonchev–Trinajstić information content (AvgIpc) is 2.60. The first kappa shape index (κ1) is 20.1. The van der Waals surface area contributed by atoms with Crippen LogP contribution in [0.2, 0.25) is 0 Å². The van der Waals surface area contributed by atoms with Crippen LogP contribution >= 0.6 is 0 Å². The van der Waals surface area contributed by atoms with Gasteiger partial charge in [-0.2, -0.15) is 0 Å². The van der Waals surface area contributed by atoms with E-state index in [0.29, 0.717) is 6.61 Å². The van der Waals surface area contributed by atoms with Crippen LogP contribution in [0.15, 0.2) is 46.8 Å². The lowest BCUT2D eigenvalue weighted by Gasteiger charge is -2.36. The number of nitro groups is 1. The first-order chi connectivity index (χ1) is 12.7. The maximum absolute atomic E-state index is 12.0. The summed E-state index contributed by atoms with van der Waals surface area (Å²) >= 11 is 0. The van der Waals surface area contributed by atoms with Crippen LogP contribution in [-0.2, 0) is 14.3 Å². The lowest BCUT2D eigenvalue weighted by molar-refractivity contribution is -0.385. The van der Waals surface area contributed by atoms with Crippen LogP contribution in [0, 0.1) is 10.1 Å². The molecule has 1 aliphatic rings. The van der Waals surface area contributed by atoms with Crippen LogP contribution in [0.1, 0.15) is 32.3 Å². The maximum atomic E-state index is 12.0. The third kappa shape index (κ3) is 3.68. The molecule has 0 saturated carbocycles. The average molecular weight is 376 g/mol. The number of nitrogens with zero attached hydrogens (tertiary/aromatic N) is 2. The highest BCUT2D eigenvalue weighted by Gasteiger charge is 2.41. The fraction of sp³-hybridized carbons (Fsp3) is 0.333. The van der Waals surface area contributed by atoms with Gasteiger partial charge in [0.15, 0.2) is 0 Å². The SMILES string of the molecule is CCOCN1C(C)=C(C(=O)O)C(c2ccccc2[N+](=O)[O-])C(C(=O)O)=C1C. The van der Waals surface area contributed by atoms with E-state index < -0.39 is 22.8 Å². The maximum Gasteiger partial charge on any atom is 0.334 e. The Morgan fingerprint density at radius 2 is 1.67 bits per heavy atom. The van der Waals surface area contributed by atoms with Crippen LogP contribution in [0.5, 0.6) is 0 Å². The topological polar surface area (TPSA) is 130 Å². The number of carboxylic acid groups (broad SMARTS) is 2. The fourth-order valence-electron chi connectivity index (χ4n) is 3.25. The molecule has 1 aliphatic heterocycles. The van der Waals surface area contributed by atoms with E-state index in [1.807, 2.05) is 0 Å². The Bertz CT molecular complexity index is 819. The summed E-state index contributed by atoms with van der Waals surface area (Å²) in [5, 5.41) is 31.0. The molecule has 1 aromatic carbocycles. The van der Waals surface area contributed by atoms with Crippen molar-refractivity contribution in [1.82, 2.24) is 4.90 Å². The number of hydrogen-bond donors (Lipinski definition) is 2. The number of allylic oxidation sites excluding steroid dienone is 2. The molecule has 9 heteroatoms. The molecule has 144 valence electrons. The van der Waals surface area contributed by atoms with Gasteiger partial charge in [-0.1, -0.05) is 18.2 Å². The van der Waals surface area contributed by atoms with Crippen LogP contribution in [0.25, 0.3) is 0 Å². The summed E-state index contributed by atoms with van der Waals surface area (Å²) < 4.78 is 5.34. The molecule has 0 aromatic heterocycles. The smallest absolute Gasteiger partial charge is 0.334 e. The van der Waals surface area contributed by atoms with E-state index in [2.05, 4.69) is 0 Å². The van der Waals surface area contributed by atoms with Crippen molar-refractivity contribution in [3.63, 3.8) is 0 Å². The van der Waals surface area contributed by atoms with E-state index in [4.69, 9.17) is 4.74 Å². The number of hydrogen-bond acceptors (Lipinski definition) is 6. The summed E-state index contributed by atoms with van der Waals surface area (Å²) in [6, 6.07) is 5.57. The molecule has 0 aliphatic carbocycles. The Morgan fingerprint density at radius 1 is 1.15 bits per heavy atom. The fourth-order valence-corrected chi connectivity index (χ4v) is 3.25. The van der Waals surface area contributed by atoms with Gasteiger partial charge in [0.05, 0.1) is 22.0 Å². The van der Waals surface area contributed by atoms with Crippen LogP contribution in [-0.4, -0.2) is 45.3 Å². The second-order valence-electron chi connectivity index (χ2n) is 5.91. The van der Waals surface area contributed by atoms with Crippen molar-refractivity contribution in [1.29, 1.82) is 0 Å². The molecule has 27 heavy (non-hydrogen) atoms. The minimum Gasteiger partial charge on any atom is -0.478 e. The predicted molar refractivity (Wildman–Crippen MR) is 94.8 cm³/mol. The zero-order valence-corrected chi connectivity index (χ0v) is 15.1. The number of ether oxygens (including phenoxy) is 1. The van der Waals surface area contributed by atoms with Crippen molar-refractivity contribution in [3.8, 4) is 0 Å². The molecule has 0 fully saturated rings. The first-order valence-electron chi connectivity index (χ1n) is 8.19. The van der Waals surface area contributed by atoms with E-state index in [1.54, 1.807) is 6.92 Å². The Balaban J connectivity index is 2.80. The molecule has 0 radical (unpaired) electrons. The highest BCUT2D eigenvalue weighted by Crippen LogP contribution is 2.44. The summed E-state index contributed by atoms with van der Waals surface area (Å²) in [5.41, 5.74) is -0.215. The molecule has 0 spiro atoms. The number of carboxylic acids is 2. The number of para-hydroxylation sites is 1. The van der Waals surface area contributed by atoms with Gasteiger partial charge in [0, 0.05) is 29.6 Å². The summed E-state index contributed by atoms with van der Waals surface area (Å²) in [6.45, 7) is 5.16. The highest BCUT2D eigenvalue weighted by molar-refractivity contribution is 5.98. The van der Waals surface area contributed by atoms with E-state index >= 15 is 0 Å². The molecule has 2 N–H and O–H groups in total. The molecule has 0 saturated heterocycles. The number of nitro benzene ring substituents is 1. The zero-order valence-electron chi connectivity index (χ0n) is 15.1. The number of carbonyl (C=O) groups is 2. The van der Waals surface area contributed by atoms with Crippen molar-refractivity contribution < 1.29 is 29.5 Å². The normalized spacial score (nSPS) is 15.3. The largest absolute Gasteiger partial charge is 0.478 e. The molecule has 0 atom stereocenters. The standard InChI is InChI=1S/C18H20N2O7/c1-4-27-9-19-10(2)14(17(21)22)16(15(11(19)3)18(23)24)12-7-5-6-8-13(12)20(25)26/h5-8,16H,4,9H2,1-3H3,(H,21,22)(H,23,24). The summed E-state index contributed by atoms with van der Waals surface area (Å²) in [4.78, 5) is 36.3. The third-order valence-electron chi connectivity index (χ3n) is 4.50. The minimum absolute atomic E-state index is 0.0204. The van der Waals surface area contributed by atoms with Crippen LogP contribution in [0.4, 0.5) is 5.69 Å². The van der Waals surface area contributed by atoms with E-state index in [9.17, 15) is 29.9 Å². The second-order valence-corrected chi connectivity index (χ2v) is 5.91. The van der Waals surface area contributed by atoms with Gasteiger partial charge in [-0.25, -0.2) is 9.59 Å². The van der Waals surface area contributed by atoms with Crippen molar-refractivity contribution >= 4 is 17.6 Å². The number of benzene rings is 1. The molecular weight excluding hydrogens is 356 g/mol. The summed E-state index contributed by atoms with van der Waals surface area (Å²) in [5.74, 6) is -3.97. The molecular formula is C18H20N2O7. The Kier molecular flexibility index (Phi) is 5.96. The highest BCUT2D eigenvalue weighted by atomic mass is 16.6. The Labute approximate surface area is 155 Å². The van der Waals surface area contributed by atoms with Gasteiger partial charge in [0.2, 0.25) is 0 Å². The Morgan fingerprint density at radius 3 is 2.11 bits per heavy atom. The van der Waals surface area contributed by atoms with Gasteiger partial charge in [0.1, 0.15) is 6.73 Å². The molecule has 1 aromatic rings. The van der Waals surface area contributed by atoms with Gasteiger partial charge in [-0.05, 0) is 20.8 Å². The molecule has 1 heterocycles. The molecule has 9 nitrogen and oxygen atoms in total. The molecule has 2 rings (SSSR count). The lowest BCUT2D eigenvalue weighted by Crippen LogP contribution is -2.35. The number of rotatable bonds is 7. The van der Waals surface area contributed by atoms with Crippen LogP contribution < -0.4 is 0 Å². The molecule has 0 bridgehead atoms. The quantitative estimate of drug-likeness (QED) is 0.549. The van der Waals surface area contributed by atoms with Gasteiger partial charge < -0.3 is 19.8 Å². The number of aliphatic carboxylic acids is 2. The van der Waals surface area contributed by atoms with Crippen molar-refractivity contribution in [3.05, 3.63) is 62.5 Å². The first-order valence-corrected chi connectivity index (χ1v) is 8.19. The van der Waals surface area contributed by atoms with Crippen molar-refractivity contribution in [2.24, 2.45) is 0 Å².